The Kier molecular flexibility index (Phi) is 4.53. The molecule has 0 saturated carbocycles. The highest BCUT2D eigenvalue weighted by atomic mass is 35.5. The number of amides is 1. The number of rotatable bonds is 4. The molecule has 1 heterocycles. The van der Waals surface area contributed by atoms with E-state index in [1.807, 2.05) is 4.90 Å². The summed E-state index contributed by atoms with van der Waals surface area (Å²) in [5.41, 5.74) is 0.400. The van der Waals surface area contributed by atoms with Gasteiger partial charge in [-0.1, -0.05) is 0 Å². The Morgan fingerprint density at radius 2 is 2.05 bits per heavy atom. The topological polar surface area (TPSA) is 32.3 Å². The molecule has 1 amide bonds. The summed E-state index contributed by atoms with van der Waals surface area (Å²) in [5, 5.41) is 2.71. The van der Waals surface area contributed by atoms with Crippen LogP contribution in [0.5, 0.6) is 0 Å². The van der Waals surface area contributed by atoms with Gasteiger partial charge in [-0.2, -0.15) is 0 Å². The van der Waals surface area contributed by atoms with Gasteiger partial charge in [0.15, 0.2) is 0 Å². The summed E-state index contributed by atoms with van der Waals surface area (Å²) < 4.78 is 14.1. The van der Waals surface area contributed by atoms with Crippen molar-refractivity contribution in [2.24, 2.45) is 5.41 Å². The van der Waals surface area contributed by atoms with Gasteiger partial charge in [-0.05, 0) is 44.9 Å². The van der Waals surface area contributed by atoms with E-state index in [9.17, 15) is 9.18 Å². The molecular weight excluding hydrogens is 279 g/mol. The molecule has 1 fully saturated rings. The van der Waals surface area contributed by atoms with Gasteiger partial charge in [0.2, 0.25) is 5.91 Å². The molecule has 0 aromatic heterocycles. The van der Waals surface area contributed by atoms with Crippen LogP contribution in [0.3, 0.4) is 0 Å². The highest BCUT2D eigenvalue weighted by molar-refractivity contribution is 6.20. The number of hydrogen-bond donors (Lipinski definition) is 1. The number of carbonyl (C=O) groups excluding carboxylic acids is 1. The lowest BCUT2D eigenvalue weighted by molar-refractivity contribution is -0.122. The number of carbonyl (C=O) groups is 1. The van der Waals surface area contributed by atoms with Gasteiger partial charge < -0.3 is 10.2 Å². The van der Waals surface area contributed by atoms with E-state index < -0.39 is 5.41 Å². The molecule has 0 aliphatic carbocycles. The molecule has 0 bridgehead atoms. The predicted molar refractivity (Wildman–Crippen MR) is 81.0 cm³/mol. The standard InChI is InChI=1S/C15H20ClFN2O/c1-15(2,10-16)14(20)18-11-5-6-13(12(17)9-11)19-7-3-4-8-19/h5-6,9H,3-4,7-8,10H2,1-2H3,(H,18,20). The minimum atomic E-state index is -0.675. The zero-order chi connectivity index (χ0) is 14.8. The first-order valence-corrected chi connectivity index (χ1v) is 7.39. The van der Waals surface area contributed by atoms with Crippen LogP contribution < -0.4 is 10.2 Å². The molecule has 0 unspecified atom stereocenters. The Balaban J connectivity index is 2.11. The normalized spacial score (nSPS) is 15.5. The van der Waals surface area contributed by atoms with E-state index >= 15 is 0 Å². The van der Waals surface area contributed by atoms with Crippen LogP contribution >= 0.6 is 11.6 Å². The van der Waals surface area contributed by atoms with Crippen LogP contribution in [-0.4, -0.2) is 24.9 Å². The second-order valence-electron chi connectivity index (χ2n) is 5.83. The molecule has 1 aliphatic rings. The zero-order valence-electron chi connectivity index (χ0n) is 11.9. The molecular formula is C15H20ClFN2O. The lowest BCUT2D eigenvalue weighted by Gasteiger charge is -2.22. The summed E-state index contributed by atoms with van der Waals surface area (Å²) in [6.07, 6.45) is 2.20. The molecule has 110 valence electrons. The van der Waals surface area contributed by atoms with E-state index in [0.717, 1.165) is 25.9 Å². The third-order valence-corrected chi connectivity index (χ3v) is 4.27. The largest absolute Gasteiger partial charge is 0.369 e. The maximum atomic E-state index is 14.1. The monoisotopic (exact) mass is 298 g/mol. The number of hydrogen-bond acceptors (Lipinski definition) is 2. The smallest absolute Gasteiger partial charge is 0.231 e. The maximum absolute atomic E-state index is 14.1. The van der Waals surface area contributed by atoms with Gasteiger partial charge >= 0.3 is 0 Å². The maximum Gasteiger partial charge on any atom is 0.231 e. The lowest BCUT2D eigenvalue weighted by atomic mass is 9.95. The number of nitrogens with zero attached hydrogens (tertiary/aromatic N) is 1. The van der Waals surface area contributed by atoms with Gasteiger partial charge in [-0.15, -0.1) is 11.6 Å². The second-order valence-corrected chi connectivity index (χ2v) is 6.10. The van der Waals surface area contributed by atoms with E-state index in [-0.39, 0.29) is 17.6 Å². The van der Waals surface area contributed by atoms with E-state index in [4.69, 9.17) is 11.6 Å². The van der Waals surface area contributed by atoms with Crippen LogP contribution in [0.4, 0.5) is 15.8 Å². The first kappa shape index (κ1) is 15.1. The van der Waals surface area contributed by atoms with Crippen molar-refractivity contribution in [2.75, 3.05) is 29.2 Å². The fourth-order valence-corrected chi connectivity index (χ4v) is 2.28. The van der Waals surface area contributed by atoms with Gasteiger partial charge in [0, 0.05) is 24.7 Å². The van der Waals surface area contributed by atoms with Crippen LogP contribution in [0.2, 0.25) is 0 Å². The van der Waals surface area contributed by atoms with Crippen molar-refractivity contribution >= 4 is 28.9 Å². The Labute approximate surface area is 124 Å². The third-order valence-electron chi connectivity index (χ3n) is 3.60. The van der Waals surface area contributed by atoms with E-state index in [2.05, 4.69) is 5.32 Å². The van der Waals surface area contributed by atoms with Gasteiger partial charge in [0.1, 0.15) is 5.82 Å². The van der Waals surface area contributed by atoms with Gasteiger partial charge in [-0.3, -0.25) is 4.79 Å². The third kappa shape index (κ3) is 3.23. The Hall–Kier alpha value is -1.29. The number of nitrogens with one attached hydrogen (secondary N) is 1. The van der Waals surface area contributed by atoms with Crippen LogP contribution in [-0.2, 0) is 4.79 Å². The quantitative estimate of drug-likeness (QED) is 0.861. The summed E-state index contributed by atoms with van der Waals surface area (Å²) >= 11 is 5.76. The number of alkyl halides is 1. The van der Waals surface area contributed by atoms with E-state index in [1.54, 1.807) is 26.0 Å². The molecule has 0 spiro atoms. The SMILES string of the molecule is CC(C)(CCl)C(=O)Nc1ccc(N2CCCC2)c(F)c1. The van der Waals surface area contributed by atoms with Crippen molar-refractivity contribution in [3.8, 4) is 0 Å². The average Bonchev–Trinajstić information content (AvgIpc) is 2.92. The fraction of sp³-hybridized carbons (Fsp3) is 0.533. The molecule has 1 aromatic rings. The van der Waals surface area contributed by atoms with Crippen LogP contribution in [0.25, 0.3) is 0 Å². The molecule has 2 rings (SSSR count). The molecule has 1 N–H and O–H groups in total. The minimum Gasteiger partial charge on any atom is -0.369 e. The zero-order valence-corrected chi connectivity index (χ0v) is 12.6. The number of benzene rings is 1. The second kappa shape index (κ2) is 6.00. The average molecular weight is 299 g/mol. The Morgan fingerprint density at radius 3 is 2.60 bits per heavy atom. The van der Waals surface area contributed by atoms with Crippen LogP contribution in [0.1, 0.15) is 26.7 Å². The highest BCUT2D eigenvalue weighted by Crippen LogP contribution is 2.27. The van der Waals surface area contributed by atoms with Crippen molar-refractivity contribution in [3.63, 3.8) is 0 Å². The summed E-state index contributed by atoms with van der Waals surface area (Å²) in [5.74, 6) is -0.290. The Bertz CT molecular complexity index is 499. The fourth-order valence-electron chi connectivity index (χ4n) is 2.16. The first-order chi connectivity index (χ1) is 9.44. The molecule has 1 aliphatic heterocycles. The first-order valence-electron chi connectivity index (χ1n) is 6.86. The van der Waals surface area contributed by atoms with E-state index in [1.165, 1.54) is 6.07 Å². The summed E-state index contributed by atoms with van der Waals surface area (Å²) in [7, 11) is 0. The summed E-state index contributed by atoms with van der Waals surface area (Å²) in [4.78, 5) is 14.0. The van der Waals surface area contributed by atoms with Crippen molar-refractivity contribution in [3.05, 3.63) is 24.0 Å². The highest BCUT2D eigenvalue weighted by Gasteiger charge is 2.26. The van der Waals surface area contributed by atoms with Crippen molar-refractivity contribution < 1.29 is 9.18 Å². The molecule has 20 heavy (non-hydrogen) atoms. The van der Waals surface area contributed by atoms with Crippen LogP contribution in [0, 0.1) is 11.2 Å². The number of halogens is 2. The molecule has 0 atom stereocenters. The van der Waals surface area contributed by atoms with Crippen molar-refractivity contribution in [1.29, 1.82) is 0 Å². The van der Waals surface area contributed by atoms with Crippen LogP contribution in [0.15, 0.2) is 18.2 Å². The minimum absolute atomic E-state index is 0.208. The van der Waals surface area contributed by atoms with Gasteiger partial charge in [-0.25, -0.2) is 4.39 Å². The van der Waals surface area contributed by atoms with Gasteiger partial charge in [0.25, 0.3) is 0 Å². The molecule has 3 nitrogen and oxygen atoms in total. The predicted octanol–water partition coefficient (Wildman–Crippen LogP) is 3.63. The lowest BCUT2D eigenvalue weighted by Crippen LogP contribution is -2.32. The van der Waals surface area contributed by atoms with E-state index in [0.29, 0.717) is 11.4 Å². The molecule has 1 aromatic carbocycles. The molecule has 1 saturated heterocycles. The summed E-state index contributed by atoms with van der Waals surface area (Å²) in [6, 6.07) is 4.83. The van der Waals surface area contributed by atoms with Crippen molar-refractivity contribution in [2.45, 2.75) is 26.7 Å². The van der Waals surface area contributed by atoms with Crippen molar-refractivity contribution in [1.82, 2.24) is 0 Å². The Morgan fingerprint density at radius 1 is 1.40 bits per heavy atom. The molecule has 5 heteroatoms. The summed E-state index contributed by atoms with van der Waals surface area (Å²) in [6.45, 7) is 5.29. The van der Waals surface area contributed by atoms with Gasteiger partial charge in [0.05, 0.1) is 11.1 Å². The molecule has 0 radical (unpaired) electrons. The number of anilines is 2.